The number of methoxy groups -OCH3 is 2. The number of carbonyl (C=O) groups excluding carboxylic acids is 2. The summed E-state index contributed by atoms with van der Waals surface area (Å²) in [5.41, 5.74) is 6.00. The van der Waals surface area contributed by atoms with Crippen molar-refractivity contribution in [2.45, 2.75) is 64.2 Å². The van der Waals surface area contributed by atoms with Crippen LogP contribution in [0.25, 0.3) is 22.2 Å². The zero-order chi connectivity index (χ0) is 30.8. The predicted molar refractivity (Wildman–Crippen MR) is 174 cm³/mol. The van der Waals surface area contributed by atoms with Gasteiger partial charge in [-0.2, -0.15) is 0 Å². The molecule has 8 nitrogen and oxygen atoms in total. The minimum Gasteiger partial charge on any atom is -0.493 e. The summed E-state index contributed by atoms with van der Waals surface area (Å²) in [6.45, 7) is 9.92. The van der Waals surface area contributed by atoms with Gasteiger partial charge in [-0.1, -0.05) is 19.9 Å². The molecule has 1 N–H and O–H groups in total. The summed E-state index contributed by atoms with van der Waals surface area (Å²) < 4.78 is 11.0. The lowest BCUT2D eigenvalue weighted by Gasteiger charge is -2.36. The first kappa shape index (κ1) is 30.5. The fraction of sp³-hybridized carbons (Fsp3) is 0.556. The van der Waals surface area contributed by atoms with Gasteiger partial charge in [0.1, 0.15) is 0 Å². The summed E-state index contributed by atoms with van der Waals surface area (Å²) in [6, 6.07) is 12.9. The maximum atomic E-state index is 13.3. The Bertz CT molecular complexity index is 1480. The molecular weight excluding hydrogens is 552 g/mol. The number of nitrogens with zero attached hydrogens (tertiary/aromatic N) is 3. The smallest absolute Gasteiger partial charge is 0.236 e. The Morgan fingerprint density at radius 3 is 2.32 bits per heavy atom. The number of nitrogens with one attached hydrogen (secondary N) is 1. The molecule has 0 spiro atoms. The van der Waals surface area contributed by atoms with Crippen molar-refractivity contribution < 1.29 is 19.1 Å². The maximum absolute atomic E-state index is 13.3. The van der Waals surface area contributed by atoms with Gasteiger partial charge in [0.15, 0.2) is 11.5 Å². The second-order valence-corrected chi connectivity index (χ2v) is 13.2. The molecule has 0 aliphatic carbocycles. The summed E-state index contributed by atoms with van der Waals surface area (Å²) in [6.07, 6.45) is 6.12. The molecule has 236 valence electrons. The minimum absolute atomic E-state index is 0.0479. The van der Waals surface area contributed by atoms with Crippen molar-refractivity contribution in [3.05, 3.63) is 47.5 Å². The average molecular weight is 601 g/mol. The van der Waals surface area contributed by atoms with Gasteiger partial charge in [-0.25, -0.2) is 0 Å². The number of piperidine rings is 2. The van der Waals surface area contributed by atoms with E-state index in [-0.39, 0.29) is 11.8 Å². The Kier molecular flexibility index (Phi) is 9.17. The summed E-state index contributed by atoms with van der Waals surface area (Å²) in [7, 11) is 3.33. The molecule has 8 heteroatoms. The van der Waals surface area contributed by atoms with Gasteiger partial charge in [0.2, 0.25) is 11.8 Å². The normalized spacial score (nSPS) is 20.1. The van der Waals surface area contributed by atoms with E-state index in [1.165, 1.54) is 16.5 Å². The molecule has 2 aromatic carbocycles. The molecule has 1 aromatic heterocycles. The Morgan fingerprint density at radius 1 is 0.864 bits per heavy atom. The maximum Gasteiger partial charge on any atom is 0.236 e. The number of carbonyl (C=O) groups is 2. The number of hydrogen-bond acceptors (Lipinski definition) is 5. The number of H-pyrrole nitrogens is 1. The Labute approximate surface area is 261 Å². The third kappa shape index (κ3) is 6.19. The zero-order valence-electron chi connectivity index (χ0n) is 26.9. The third-order valence-corrected chi connectivity index (χ3v) is 10.1. The van der Waals surface area contributed by atoms with Crippen molar-refractivity contribution in [2.24, 2.45) is 5.92 Å². The van der Waals surface area contributed by atoms with Crippen LogP contribution in [0.2, 0.25) is 0 Å². The first-order valence-electron chi connectivity index (χ1n) is 16.5. The van der Waals surface area contributed by atoms with E-state index < -0.39 is 0 Å². The molecule has 0 bridgehead atoms. The topological polar surface area (TPSA) is 78.1 Å². The molecule has 3 aliphatic heterocycles. The Balaban J connectivity index is 1.11. The molecule has 3 fully saturated rings. The van der Waals surface area contributed by atoms with Crippen molar-refractivity contribution in [3.63, 3.8) is 0 Å². The van der Waals surface area contributed by atoms with E-state index in [0.717, 1.165) is 106 Å². The van der Waals surface area contributed by atoms with Crippen LogP contribution in [0.3, 0.4) is 0 Å². The Morgan fingerprint density at radius 2 is 1.61 bits per heavy atom. The van der Waals surface area contributed by atoms with Gasteiger partial charge in [-0.15, -0.1) is 0 Å². The van der Waals surface area contributed by atoms with Crippen LogP contribution >= 0.6 is 0 Å². The molecule has 1 atom stereocenters. The van der Waals surface area contributed by atoms with Crippen molar-refractivity contribution >= 4 is 22.7 Å². The summed E-state index contributed by atoms with van der Waals surface area (Å²) in [5.74, 6) is 2.76. The number of rotatable bonds is 8. The van der Waals surface area contributed by atoms with Crippen LogP contribution in [0.1, 0.15) is 75.3 Å². The number of aromatic amines is 1. The van der Waals surface area contributed by atoms with Crippen LogP contribution in [0, 0.1) is 5.92 Å². The minimum atomic E-state index is 0.0479. The van der Waals surface area contributed by atoms with Crippen LogP contribution in [0.4, 0.5) is 0 Å². The second kappa shape index (κ2) is 13.2. The van der Waals surface area contributed by atoms with Crippen LogP contribution in [0.5, 0.6) is 11.5 Å². The van der Waals surface area contributed by atoms with E-state index >= 15 is 0 Å². The highest BCUT2D eigenvalue weighted by Gasteiger charge is 2.32. The highest BCUT2D eigenvalue weighted by Crippen LogP contribution is 2.40. The predicted octanol–water partition coefficient (Wildman–Crippen LogP) is 6.02. The Hall–Kier alpha value is -3.52. The van der Waals surface area contributed by atoms with Gasteiger partial charge in [-0.05, 0) is 98.4 Å². The molecule has 2 amide bonds. The fourth-order valence-electron chi connectivity index (χ4n) is 7.65. The molecule has 0 unspecified atom stereocenters. The average Bonchev–Trinajstić information content (AvgIpc) is 3.73. The zero-order valence-corrected chi connectivity index (χ0v) is 26.9. The quantitative estimate of drug-likeness (QED) is 0.342. The number of ether oxygens (including phenoxy) is 2. The molecule has 4 heterocycles. The standard InChI is InChI=1S/C36H48N4O4/c1-24(2)34-29-20-26(9-11-30(29)37-35(34)27-10-12-31(43-3)32(21-27)44-4)25-13-18-39(19-14-25)33(41)23-38-15-7-8-28(22-38)36(42)40-16-5-6-17-40/h9-12,20-21,24-25,28,37H,5-8,13-19,22-23H2,1-4H3/t28-/m0/s1. The van der Waals surface area contributed by atoms with E-state index in [2.05, 4.69) is 48.0 Å². The molecule has 3 aliphatic rings. The highest BCUT2D eigenvalue weighted by molar-refractivity contribution is 5.92. The number of benzene rings is 2. The largest absolute Gasteiger partial charge is 0.493 e. The van der Waals surface area contributed by atoms with Crippen LogP contribution < -0.4 is 9.47 Å². The number of fused-ring (bicyclic) bond motifs is 1. The molecule has 6 rings (SSSR count). The first-order valence-corrected chi connectivity index (χ1v) is 16.5. The molecule has 3 saturated heterocycles. The van der Waals surface area contributed by atoms with E-state index in [9.17, 15) is 9.59 Å². The van der Waals surface area contributed by atoms with E-state index in [1.807, 2.05) is 21.9 Å². The summed E-state index contributed by atoms with van der Waals surface area (Å²) >= 11 is 0. The molecule has 0 saturated carbocycles. The van der Waals surface area contributed by atoms with Crippen molar-refractivity contribution in [3.8, 4) is 22.8 Å². The number of likely N-dealkylation sites (tertiary alicyclic amines) is 3. The molecule has 44 heavy (non-hydrogen) atoms. The lowest BCUT2D eigenvalue weighted by atomic mass is 9.87. The van der Waals surface area contributed by atoms with Gasteiger partial charge in [-0.3, -0.25) is 14.5 Å². The van der Waals surface area contributed by atoms with Crippen molar-refractivity contribution in [1.29, 1.82) is 0 Å². The summed E-state index contributed by atoms with van der Waals surface area (Å²) in [5, 5.41) is 1.27. The van der Waals surface area contributed by atoms with Crippen LogP contribution in [0.15, 0.2) is 36.4 Å². The lowest BCUT2D eigenvalue weighted by Crippen LogP contribution is -2.49. The first-order chi connectivity index (χ1) is 21.4. The lowest BCUT2D eigenvalue weighted by molar-refractivity contribution is -0.139. The number of aromatic nitrogens is 1. The SMILES string of the molecule is COc1ccc(-c2[nH]c3ccc(C4CCN(C(=O)CN5CCC[C@H](C(=O)N6CCCC6)C5)CC4)cc3c2C(C)C)cc1OC. The third-order valence-electron chi connectivity index (χ3n) is 10.1. The molecule has 3 aromatic rings. The van der Waals surface area contributed by atoms with Gasteiger partial charge in [0, 0.05) is 49.2 Å². The molecule has 0 radical (unpaired) electrons. The van der Waals surface area contributed by atoms with Gasteiger partial charge in [0.25, 0.3) is 0 Å². The van der Waals surface area contributed by atoms with Crippen LogP contribution in [-0.2, 0) is 9.59 Å². The van der Waals surface area contributed by atoms with Gasteiger partial charge < -0.3 is 24.3 Å². The monoisotopic (exact) mass is 600 g/mol. The van der Waals surface area contributed by atoms with Crippen molar-refractivity contribution in [2.75, 3.05) is 60.0 Å². The van der Waals surface area contributed by atoms with Crippen LogP contribution in [-0.4, -0.2) is 91.5 Å². The number of amides is 2. The summed E-state index contributed by atoms with van der Waals surface area (Å²) in [4.78, 5) is 36.3. The fourth-order valence-corrected chi connectivity index (χ4v) is 7.65. The van der Waals surface area contributed by atoms with Gasteiger partial charge in [0.05, 0.1) is 32.4 Å². The second-order valence-electron chi connectivity index (χ2n) is 13.2. The number of hydrogen-bond donors (Lipinski definition) is 1. The van der Waals surface area contributed by atoms with E-state index in [4.69, 9.17) is 9.47 Å². The van der Waals surface area contributed by atoms with Gasteiger partial charge >= 0.3 is 0 Å². The van der Waals surface area contributed by atoms with E-state index in [0.29, 0.717) is 24.3 Å². The van der Waals surface area contributed by atoms with Crippen molar-refractivity contribution in [1.82, 2.24) is 19.7 Å². The molecular formula is C36H48N4O4. The van der Waals surface area contributed by atoms with E-state index in [1.54, 1.807) is 14.2 Å². The highest BCUT2D eigenvalue weighted by atomic mass is 16.5.